The van der Waals surface area contributed by atoms with Gasteiger partial charge in [-0.3, -0.25) is 10.1 Å². The molecule has 0 aliphatic heterocycles. The Bertz CT molecular complexity index is 332. The summed E-state index contributed by atoms with van der Waals surface area (Å²) in [6.45, 7) is 0. The summed E-state index contributed by atoms with van der Waals surface area (Å²) in [7, 11) is 0. The highest BCUT2D eigenvalue weighted by Gasteiger charge is 2.14. The van der Waals surface area contributed by atoms with E-state index in [-0.39, 0.29) is 10.9 Å². The normalized spacial score (nSPS) is 11.6. The molecule has 1 aromatic rings. The van der Waals surface area contributed by atoms with Crippen molar-refractivity contribution in [3.63, 3.8) is 0 Å². The molecule has 0 amide bonds. The lowest BCUT2D eigenvalue weighted by Crippen LogP contribution is -1.87. The Kier molecular flexibility index (Phi) is 2.29. The average Bonchev–Trinajstić information content (AvgIpc) is 2.51. The van der Waals surface area contributed by atoms with E-state index in [4.69, 9.17) is 16.8 Å². The number of hydrogen-bond donors (Lipinski definition) is 1. The molecule has 0 saturated heterocycles. The fourth-order valence-corrected chi connectivity index (χ4v) is 0.688. The molecular formula is C5H3ClN2O4. The first-order valence-corrected chi connectivity index (χ1v) is 3.15. The topological polar surface area (TPSA) is 88.9 Å². The monoisotopic (exact) mass is 190 g/mol. The van der Waals surface area contributed by atoms with Gasteiger partial charge >= 0.3 is 5.88 Å². The molecule has 6 nitrogen and oxygen atoms in total. The number of furan rings is 1. The summed E-state index contributed by atoms with van der Waals surface area (Å²) in [5.41, 5.74) is 0. The van der Waals surface area contributed by atoms with Crippen LogP contribution in [0, 0.1) is 10.1 Å². The minimum absolute atomic E-state index is 0.0501. The predicted molar refractivity (Wildman–Crippen MR) is 39.5 cm³/mol. The van der Waals surface area contributed by atoms with E-state index in [1.165, 1.54) is 6.07 Å². The van der Waals surface area contributed by atoms with Gasteiger partial charge in [0.25, 0.3) is 0 Å². The number of oxime groups is 1. The molecule has 1 N–H and O–H groups in total. The molecule has 1 aromatic heterocycles. The summed E-state index contributed by atoms with van der Waals surface area (Å²) in [6.07, 6.45) is 0. The predicted octanol–water partition coefficient (Wildman–Crippen LogP) is 1.56. The van der Waals surface area contributed by atoms with E-state index in [9.17, 15) is 10.1 Å². The molecule has 0 fully saturated rings. The van der Waals surface area contributed by atoms with Gasteiger partial charge in [-0.1, -0.05) is 16.8 Å². The lowest BCUT2D eigenvalue weighted by molar-refractivity contribution is -0.402. The third-order valence-corrected chi connectivity index (χ3v) is 1.32. The lowest BCUT2D eigenvalue weighted by Gasteiger charge is -1.85. The van der Waals surface area contributed by atoms with Gasteiger partial charge in [-0.2, -0.15) is 0 Å². The first-order chi connectivity index (χ1) is 5.65. The molecule has 64 valence electrons. The van der Waals surface area contributed by atoms with E-state index in [0.29, 0.717) is 0 Å². The maximum absolute atomic E-state index is 10.1. The van der Waals surface area contributed by atoms with E-state index in [1.54, 1.807) is 0 Å². The Hall–Kier alpha value is -1.56. The zero-order chi connectivity index (χ0) is 9.14. The minimum Gasteiger partial charge on any atom is -0.410 e. The van der Waals surface area contributed by atoms with Gasteiger partial charge < -0.3 is 9.62 Å². The summed E-state index contributed by atoms with van der Waals surface area (Å²) >= 11 is 5.29. The van der Waals surface area contributed by atoms with Crippen LogP contribution in [0.4, 0.5) is 5.88 Å². The molecule has 0 aliphatic carbocycles. The summed E-state index contributed by atoms with van der Waals surface area (Å²) < 4.78 is 4.58. The molecule has 0 unspecified atom stereocenters. The van der Waals surface area contributed by atoms with E-state index in [0.717, 1.165) is 6.07 Å². The number of hydrogen-bond acceptors (Lipinski definition) is 5. The third kappa shape index (κ3) is 1.54. The first-order valence-electron chi connectivity index (χ1n) is 2.77. The zero-order valence-corrected chi connectivity index (χ0v) is 6.35. The average molecular weight is 191 g/mol. The maximum Gasteiger partial charge on any atom is 0.433 e. The van der Waals surface area contributed by atoms with Crippen molar-refractivity contribution < 1.29 is 14.5 Å². The number of nitrogens with zero attached hydrogens (tertiary/aromatic N) is 2. The van der Waals surface area contributed by atoms with Gasteiger partial charge in [0.15, 0.2) is 5.76 Å². The van der Waals surface area contributed by atoms with E-state index >= 15 is 0 Å². The van der Waals surface area contributed by atoms with Crippen molar-refractivity contribution in [2.75, 3.05) is 0 Å². The van der Waals surface area contributed by atoms with Gasteiger partial charge in [0.2, 0.25) is 5.17 Å². The Morgan fingerprint density at radius 1 is 1.75 bits per heavy atom. The molecule has 1 rings (SSSR count). The van der Waals surface area contributed by atoms with Crippen LogP contribution in [0.1, 0.15) is 5.76 Å². The molecule has 0 radical (unpaired) electrons. The molecule has 0 aliphatic rings. The third-order valence-electron chi connectivity index (χ3n) is 1.06. The maximum atomic E-state index is 10.1. The first kappa shape index (κ1) is 8.54. The van der Waals surface area contributed by atoms with Gasteiger partial charge in [0.05, 0.1) is 6.07 Å². The molecule has 0 aromatic carbocycles. The minimum atomic E-state index is -0.717. The molecule has 1 heterocycles. The second-order valence-electron chi connectivity index (χ2n) is 1.79. The van der Waals surface area contributed by atoms with Gasteiger partial charge in [-0.25, -0.2) is 0 Å². The SMILES string of the molecule is O=[N+]([O-])c1ccc(/C(Cl)=N\O)o1. The molecule has 0 atom stereocenters. The van der Waals surface area contributed by atoms with Crippen LogP contribution in [0.2, 0.25) is 0 Å². The highest BCUT2D eigenvalue weighted by molar-refractivity contribution is 6.69. The van der Waals surface area contributed by atoms with Crippen molar-refractivity contribution in [2.45, 2.75) is 0 Å². The van der Waals surface area contributed by atoms with Crippen molar-refractivity contribution in [3.8, 4) is 0 Å². The van der Waals surface area contributed by atoms with E-state index in [1.807, 2.05) is 0 Å². The Morgan fingerprint density at radius 2 is 2.42 bits per heavy atom. The summed E-state index contributed by atoms with van der Waals surface area (Å²) in [5, 5.41) is 20.5. The highest BCUT2D eigenvalue weighted by atomic mass is 35.5. The molecule has 0 spiro atoms. The standard InChI is InChI=1S/C5H3ClN2O4/c6-5(7-9)3-1-2-4(12-3)8(10)11/h1-2,9H/b7-5+. The van der Waals surface area contributed by atoms with E-state index < -0.39 is 10.8 Å². The Labute approximate surface area is 71.2 Å². The van der Waals surface area contributed by atoms with Crippen LogP contribution in [-0.2, 0) is 0 Å². The number of rotatable bonds is 2. The van der Waals surface area contributed by atoms with E-state index in [2.05, 4.69) is 9.57 Å². The number of halogens is 1. The molecular weight excluding hydrogens is 188 g/mol. The summed E-state index contributed by atoms with van der Waals surface area (Å²) in [5.74, 6) is -0.502. The fraction of sp³-hybridized carbons (Fsp3) is 0. The zero-order valence-electron chi connectivity index (χ0n) is 5.60. The van der Waals surface area contributed by atoms with Gasteiger partial charge in [0, 0.05) is 0 Å². The summed E-state index contributed by atoms with van der Waals surface area (Å²) in [4.78, 5) is 9.37. The van der Waals surface area contributed by atoms with Crippen LogP contribution in [0.3, 0.4) is 0 Å². The van der Waals surface area contributed by atoms with Crippen LogP contribution in [0.5, 0.6) is 0 Å². The van der Waals surface area contributed by atoms with Crippen molar-refractivity contribution in [1.82, 2.24) is 0 Å². The van der Waals surface area contributed by atoms with Gasteiger partial charge in [0.1, 0.15) is 4.92 Å². The highest BCUT2D eigenvalue weighted by Crippen LogP contribution is 2.17. The lowest BCUT2D eigenvalue weighted by atomic mass is 10.5. The molecule has 0 saturated carbocycles. The fourth-order valence-electron chi connectivity index (χ4n) is 0.586. The van der Waals surface area contributed by atoms with Crippen LogP contribution < -0.4 is 0 Å². The molecule has 0 bridgehead atoms. The quantitative estimate of drug-likeness (QED) is 0.332. The van der Waals surface area contributed by atoms with Crippen LogP contribution in [0.15, 0.2) is 21.7 Å². The number of nitro groups is 1. The molecule has 12 heavy (non-hydrogen) atoms. The summed E-state index contributed by atoms with van der Waals surface area (Å²) in [6, 6.07) is 2.35. The Balaban J connectivity index is 2.99. The van der Waals surface area contributed by atoms with Crippen molar-refractivity contribution in [3.05, 3.63) is 28.0 Å². The van der Waals surface area contributed by atoms with Crippen molar-refractivity contribution in [1.29, 1.82) is 0 Å². The van der Waals surface area contributed by atoms with Gasteiger partial charge in [-0.15, -0.1) is 0 Å². The van der Waals surface area contributed by atoms with Crippen LogP contribution in [-0.4, -0.2) is 15.3 Å². The second kappa shape index (κ2) is 3.22. The van der Waals surface area contributed by atoms with Gasteiger partial charge in [-0.05, 0) is 6.07 Å². The second-order valence-corrected chi connectivity index (χ2v) is 2.14. The largest absolute Gasteiger partial charge is 0.433 e. The van der Waals surface area contributed by atoms with Crippen molar-refractivity contribution in [2.24, 2.45) is 5.16 Å². The van der Waals surface area contributed by atoms with Crippen LogP contribution in [0.25, 0.3) is 0 Å². The van der Waals surface area contributed by atoms with Crippen molar-refractivity contribution >= 4 is 22.7 Å². The Morgan fingerprint density at radius 3 is 2.83 bits per heavy atom. The molecule has 7 heteroatoms. The smallest absolute Gasteiger partial charge is 0.410 e. The van der Waals surface area contributed by atoms with Crippen LogP contribution >= 0.6 is 11.6 Å².